The van der Waals surface area contributed by atoms with Gasteiger partial charge in [0.15, 0.2) is 0 Å². The van der Waals surface area contributed by atoms with E-state index in [1.807, 2.05) is 0 Å². The third-order valence-corrected chi connectivity index (χ3v) is 2.54. The number of halogens is 1. The van der Waals surface area contributed by atoms with Crippen LogP contribution in [-0.2, 0) is 0 Å². The largest absolute Gasteiger partial charge is 0.312 e. The quantitative estimate of drug-likeness (QED) is 0.680. The molecule has 2 aromatic heterocycles. The molecule has 0 aliphatic carbocycles. The maximum Gasteiger partial charge on any atom is 0.268 e. The molecule has 0 aliphatic heterocycles. The summed E-state index contributed by atoms with van der Waals surface area (Å²) in [5.74, 6) is 0. The van der Waals surface area contributed by atoms with Crippen molar-refractivity contribution in [2.45, 2.75) is 0 Å². The van der Waals surface area contributed by atoms with Crippen molar-refractivity contribution in [2.24, 2.45) is 0 Å². The Bertz CT molecular complexity index is 447. The van der Waals surface area contributed by atoms with Gasteiger partial charge in [0.05, 0.1) is 16.2 Å². The first-order chi connectivity index (χ1) is 5.27. The predicted octanol–water partition coefficient (Wildman–Crippen LogP) is 1.64. The van der Waals surface area contributed by atoms with Gasteiger partial charge in [-0.05, 0) is 6.07 Å². The van der Waals surface area contributed by atoms with Crippen molar-refractivity contribution >= 4 is 33.2 Å². The highest BCUT2D eigenvalue weighted by Gasteiger charge is 2.02. The smallest absolute Gasteiger partial charge is 0.268 e. The van der Waals surface area contributed by atoms with E-state index in [1.54, 1.807) is 6.07 Å². The number of nitrogens with zero attached hydrogens (tertiary/aromatic N) is 1. The molecule has 0 aromatic carbocycles. The van der Waals surface area contributed by atoms with Gasteiger partial charge in [0.25, 0.3) is 5.56 Å². The van der Waals surface area contributed by atoms with Crippen molar-refractivity contribution < 1.29 is 0 Å². The van der Waals surface area contributed by atoms with E-state index < -0.39 is 0 Å². The van der Waals surface area contributed by atoms with Crippen LogP contribution >= 0.6 is 22.9 Å². The Balaban J connectivity index is 3.02. The second kappa shape index (κ2) is 2.32. The van der Waals surface area contributed by atoms with E-state index >= 15 is 0 Å². The van der Waals surface area contributed by atoms with Crippen LogP contribution in [0, 0.1) is 0 Å². The van der Waals surface area contributed by atoms with Crippen LogP contribution in [-0.4, -0.2) is 9.97 Å². The monoisotopic (exact) mass is 186 g/mol. The molecule has 0 bridgehead atoms. The summed E-state index contributed by atoms with van der Waals surface area (Å²) in [4.78, 5) is 17.5. The Morgan fingerprint density at radius 1 is 1.64 bits per heavy atom. The average molecular weight is 187 g/mol. The van der Waals surface area contributed by atoms with Crippen LogP contribution in [0.5, 0.6) is 0 Å². The Hall–Kier alpha value is -0.870. The third kappa shape index (κ3) is 1.04. The van der Waals surface area contributed by atoms with Gasteiger partial charge in [-0.1, -0.05) is 11.6 Å². The predicted molar refractivity (Wildman–Crippen MR) is 45.3 cm³/mol. The molecule has 3 nitrogen and oxygen atoms in total. The molecule has 0 saturated heterocycles. The summed E-state index contributed by atoms with van der Waals surface area (Å²) in [6, 6.07) is 1.68. The molecule has 5 heteroatoms. The van der Waals surface area contributed by atoms with Crippen molar-refractivity contribution in [2.75, 3.05) is 0 Å². The third-order valence-electron chi connectivity index (χ3n) is 1.29. The van der Waals surface area contributed by atoms with E-state index in [0.717, 1.165) is 0 Å². The molecule has 0 spiro atoms. The first-order valence-electron chi connectivity index (χ1n) is 2.90. The summed E-state index contributed by atoms with van der Waals surface area (Å²) in [6.07, 6.45) is 1.37. The van der Waals surface area contributed by atoms with Crippen molar-refractivity contribution in [3.05, 3.63) is 27.1 Å². The van der Waals surface area contributed by atoms with Gasteiger partial charge in [0.2, 0.25) is 0 Å². The normalized spacial score (nSPS) is 10.6. The summed E-state index contributed by atoms with van der Waals surface area (Å²) in [6.45, 7) is 0. The lowest BCUT2D eigenvalue weighted by Gasteiger charge is -1.82. The van der Waals surface area contributed by atoms with E-state index in [1.165, 1.54) is 17.7 Å². The number of nitrogens with one attached hydrogen (secondary N) is 1. The molecule has 2 rings (SSSR count). The molecule has 0 fully saturated rings. The Morgan fingerprint density at radius 3 is 3.18 bits per heavy atom. The van der Waals surface area contributed by atoms with Gasteiger partial charge in [-0.3, -0.25) is 4.79 Å². The fourth-order valence-electron chi connectivity index (χ4n) is 0.837. The lowest BCUT2D eigenvalue weighted by atomic mass is 10.5. The maximum absolute atomic E-state index is 11.0. The summed E-state index contributed by atoms with van der Waals surface area (Å²) in [5.41, 5.74) is 0.524. The Labute approximate surface area is 70.7 Å². The molecule has 0 aliphatic rings. The number of hydrogen-bond donors (Lipinski definition) is 1. The number of thiophene rings is 1. The molecule has 1 N–H and O–H groups in total. The van der Waals surface area contributed by atoms with Gasteiger partial charge in [-0.2, -0.15) is 0 Å². The average Bonchev–Trinajstić information content (AvgIpc) is 2.31. The molecular weight excluding hydrogens is 184 g/mol. The topological polar surface area (TPSA) is 45.8 Å². The molecule has 56 valence electrons. The molecule has 11 heavy (non-hydrogen) atoms. The lowest BCUT2D eigenvalue weighted by molar-refractivity contribution is 1.18. The second-order valence-electron chi connectivity index (χ2n) is 2.00. The summed E-state index contributed by atoms with van der Waals surface area (Å²) < 4.78 is 1.17. The van der Waals surface area contributed by atoms with Gasteiger partial charge in [-0.15, -0.1) is 11.3 Å². The summed E-state index contributed by atoms with van der Waals surface area (Å²) in [7, 11) is 0. The summed E-state index contributed by atoms with van der Waals surface area (Å²) >= 11 is 6.92. The Kier molecular flexibility index (Phi) is 1.44. The Morgan fingerprint density at radius 2 is 2.45 bits per heavy atom. The molecule has 0 amide bonds. The van der Waals surface area contributed by atoms with Gasteiger partial charge >= 0.3 is 0 Å². The zero-order valence-corrected chi connectivity index (χ0v) is 6.87. The standard InChI is InChI=1S/C6H3ClN2OS/c7-4-1-3-5(11-4)6(10)9-2-8-3/h1-2H,(H,8,9,10). The van der Waals surface area contributed by atoms with Crippen LogP contribution in [0.15, 0.2) is 17.2 Å². The second-order valence-corrected chi connectivity index (χ2v) is 3.68. The number of rotatable bonds is 0. The van der Waals surface area contributed by atoms with Crippen molar-refractivity contribution in [3.63, 3.8) is 0 Å². The molecule has 0 unspecified atom stereocenters. The van der Waals surface area contributed by atoms with Crippen LogP contribution in [0.1, 0.15) is 0 Å². The minimum absolute atomic E-state index is 0.132. The van der Waals surface area contributed by atoms with E-state index in [2.05, 4.69) is 9.97 Å². The SMILES string of the molecule is O=c1[nH]cnc2cc(Cl)sc12. The van der Waals surface area contributed by atoms with Crippen LogP contribution in [0.3, 0.4) is 0 Å². The summed E-state index contributed by atoms with van der Waals surface area (Å²) in [5, 5.41) is 0. The van der Waals surface area contributed by atoms with Crippen molar-refractivity contribution in [3.8, 4) is 0 Å². The first-order valence-corrected chi connectivity index (χ1v) is 4.09. The minimum Gasteiger partial charge on any atom is -0.312 e. The van der Waals surface area contributed by atoms with E-state index in [0.29, 0.717) is 14.6 Å². The zero-order chi connectivity index (χ0) is 7.84. The molecule has 0 saturated carbocycles. The van der Waals surface area contributed by atoms with Crippen LogP contribution in [0.4, 0.5) is 0 Å². The van der Waals surface area contributed by atoms with Crippen LogP contribution < -0.4 is 5.56 Å². The fraction of sp³-hybridized carbons (Fsp3) is 0. The number of hydrogen-bond acceptors (Lipinski definition) is 3. The fourth-order valence-corrected chi connectivity index (χ4v) is 1.91. The van der Waals surface area contributed by atoms with Gasteiger partial charge in [-0.25, -0.2) is 4.98 Å². The van der Waals surface area contributed by atoms with Gasteiger partial charge in [0.1, 0.15) is 4.70 Å². The van der Waals surface area contributed by atoms with Crippen molar-refractivity contribution in [1.82, 2.24) is 9.97 Å². The first kappa shape index (κ1) is 6.82. The van der Waals surface area contributed by atoms with Gasteiger partial charge in [0, 0.05) is 0 Å². The maximum atomic E-state index is 11.0. The van der Waals surface area contributed by atoms with E-state index in [4.69, 9.17) is 11.6 Å². The number of aromatic amines is 1. The zero-order valence-electron chi connectivity index (χ0n) is 5.30. The van der Waals surface area contributed by atoms with Crippen LogP contribution in [0.25, 0.3) is 10.2 Å². The molecule has 2 heterocycles. The highest BCUT2D eigenvalue weighted by molar-refractivity contribution is 7.22. The molecule has 0 atom stereocenters. The van der Waals surface area contributed by atoms with Crippen molar-refractivity contribution in [1.29, 1.82) is 0 Å². The number of fused-ring (bicyclic) bond motifs is 1. The molecule has 2 aromatic rings. The minimum atomic E-state index is -0.132. The lowest BCUT2D eigenvalue weighted by Crippen LogP contribution is -2.02. The van der Waals surface area contributed by atoms with E-state index in [-0.39, 0.29) is 5.56 Å². The highest BCUT2D eigenvalue weighted by atomic mass is 35.5. The number of aromatic nitrogens is 2. The van der Waals surface area contributed by atoms with Crippen LogP contribution in [0.2, 0.25) is 4.34 Å². The highest BCUT2D eigenvalue weighted by Crippen LogP contribution is 2.24. The molecular formula is C6H3ClN2OS. The van der Waals surface area contributed by atoms with Gasteiger partial charge < -0.3 is 4.98 Å². The van der Waals surface area contributed by atoms with E-state index in [9.17, 15) is 4.79 Å². The number of H-pyrrole nitrogens is 1. The molecule has 0 radical (unpaired) electrons.